The lowest BCUT2D eigenvalue weighted by Crippen LogP contribution is -2.59. The highest BCUT2D eigenvalue weighted by Crippen LogP contribution is 2.15. The summed E-state index contributed by atoms with van der Waals surface area (Å²) in [5, 5.41) is 3.14. The van der Waals surface area contributed by atoms with Gasteiger partial charge in [-0.2, -0.15) is 0 Å². The number of carbonyl (C=O) groups excluding carboxylic acids is 1. The van der Waals surface area contributed by atoms with E-state index in [1.807, 2.05) is 11.8 Å². The molecule has 1 aliphatic heterocycles. The summed E-state index contributed by atoms with van der Waals surface area (Å²) < 4.78 is 0. The lowest BCUT2D eigenvalue weighted by Gasteiger charge is -2.41. The molecule has 0 radical (unpaired) electrons. The molecule has 0 aromatic rings. The van der Waals surface area contributed by atoms with Crippen molar-refractivity contribution in [1.82, 2.24) is 10.2 Å². The van der Waals surface area contributed by atoms with Crippen molar-refractivity contribution in [2.24, 2.45) is 0 Å². The van der Waals surface area contributed by atoms with Crippen molar-refractivity contribution in [2.75, 3.05) is 13.1 Å². The van der Waals surface area contributed by atoms with Gasteiger partial charge < -0.3 is 10.2 Å². The Kier molecular flexibility index (Phi) is 2.42. The highest BCUT2D eigenvalue weighted by atomic mass is 16.2. The minimum atomic E-state index is -0.0343. The Morgan fingerprint density at radius 2 is 2.08 bits per heavy atom. The summed E-state index contributed by atoms with van der Waals surface area (Å²) in [6, 6.07) is -0.0158. The van der Waals surface area contributed by atoms with Crippen LogP contribution in [0.2, 0.25) is 0 Å². The van der Waals surface area contributed by atoms with Crippen LogP contribution in [0, 0.1) is 0 Å². The van der Waals surface area contributed by atoms with Gasteiger partial charge in [-0.15, -0.1) is 0 Å². The molecule has 1 N–H and O–H groups in total. The van der Waals surface area contributed by atoms with E-state index in [0.29, 0.717) is 0 Å². The molecule has 70 valence electrons. The van der Waals surface area contributed by atoms with Gasteiger partial charge in [0.15, 0.2) is 0 Å². The first kappa shape index (κ1) is 9.52. The number of rotatable bonds is 0. The molecule has 1 rings (SSSR count). The van der Waals surface area contributed by atoms with Crippen LogP contribution in [0.5, 0.6) is 0 Å². The number of hydrogen-bond acceptors (Lipinski definition) is 2. The molecular formula is C9H18N2O. The van der Waals surface area contributed by atoms with E-state index in [2.05, 4.69) is 26.1 Å². The van der Waals surface area contributed by atoms with E-state index in [9.17, 15) is 4.79 Å². The predicted molar refractivity (Wildman–Crippen MR) is 48.9 cm³/mol. The van der Waals surface area contributed by atoms with E-state index in [1.165, 1.54) is 0 Å². The van der Waals surface area contributed by atoms with Crippen molar-refractivity contribution in [1.29, 1.82) is 0 Å². The van der Waals surface area contributed by atoms with Crippen molar-refractivity contribution in [2.45, 2.75) is 39.3 Å². The summed E-state index contributed by atoms with van der Waals surface area (Å²) in [5.74, 6) is 0.216. The minimum Gasteiger partial charge on any atom is -0.335 e. The van der Waals surface area contributed by atoms with Gasteiger partial charge in [0.05, 0.1) is 6.04 Å². The SMILES string of the molecule is CC1NCCN(C(C)(C)C)C1=O. The summed E-state index contributed by atoms with van der Waals surface area (Å²) in [4.78, 5) is 13.6. The molecule has 0 spiro atoms. The number of amides is 1. The smallest absolute Gasteiger partial charge is 0.239 e. The molecule has 0 bridgehead atoms. The minimum absolute atomic E-state index is 0.0158. The Balaban J connectivity index is 2.71. The number of piperazine rings is 1. The van der Waals surface area contributed by atoms with Crippen LogP contribution < -0.4 is 5.32 Å². The second-order valence-corrected chi connectivity index (χ2v) is 4.34. The fourth-order valence-corrected chi connectivity index (χ4v) is 1.49. The molecule has 1 unspecified atom stereocenters. The zero-order chi connectivity index (χ0) is 9.35. The van der Waals surface area contributed by atoms with Crippen molar-refractivity contribution in [3.8, 4) is 0 Å². The Hall–Kier alpha value is -0.570. The van der Waals surface area contributed by atoms with Crippen molar-refractivity contribution in [3.63, 3.8) is 0 Å². The van der Waals surface area contributed by atoms with Gasteiger partial charge in [0.2, 0.25) is 5.91 Å². The first-order valence-electron chi connectivity index (χ1n) is 4.48. The molecule has 1 fully saturated rings. The largest absolute Gasteiger partial charge is 0.335 e. The molecule has 1 heterocycles. The van der Waals surface area contributed by atoms with Crippen LogP contribution in [0.25, 0.3) is 0 Å². The zero-order valence-electron chi connectivity index (χ0n) is 8.35. The third kappa shape index (κ3) is 1.78. The highest BCUT2D eigenvalue weighted by Gasteiger charge is 2.31. The maximum absolute atomic E-state index is 11.6. The van der Waals surface area contributed by atoms with Gasteiger partial charge in [0.25, 0.3) is 0 Å². The third-order valence-electron chi connectivity index (χ3n) is 2.23. The van der Waals surface area contributed by atoms with Gasteiger partial charge in [0, 0.05) is 18.6 Å². The number of hydrogen-bond donors (Lipinski definition) is 1. The summed E-state index contributed by atoms with van der Waals surface area (Å²) >= 11 is 0. The van der Waals surface area contributed by atoms with E-state index in [-0.39, 0.29) is 17.5 Å². The first-order chi connectivity index (χ1) is 5.43. The van der Waals surface area contributed by atoms with Gasteiger partial charge in [-0.1, -0.05) is 0 Å². The Labute approximate surface area is 74.1 Å². The number of nitrogens with one attached hydrogen (secondary N) is 1. The number of carbonyl (C=O) groups is 1. The molecule has 12 heavy (non-hydrogen) atoms. The average Bonchev–Trinajstić information content (AvgIpc) is 1.92. The summed E-state index contributed by atoms with van der Waals surface area (Å²) in [7, 11) is 0. The van der Waals surface area contributed by atoms with E-state index < -0.39 is 0 Å². The van der Waals surface area contributed by atoms with E-state index >= 15 is 0 Å². The van der Waals surface area contributed by atoms with Gasteiger partial charge in [-0.05, 0) is 27.7 Å². The van der Waals surface area contributed by atoms with Crippen molar-refractivity contribution in [3.05, 3.63) is 0 Å². The highest BCUT2D eigenvalue weighted by molar-refractivity contribution is 5.82. The third-order valence-corrected chi connectivity index (χ3v) is 2.23. The normalized spacial score (nSPS) is 26.2. The molecule has 3 nitrogen and oxygen atoms in total. The molecule has 0 saturated carbocycles. The standard InChI is InChI=1S/C9H18N2O/c1-7-8(12)11(6-5-10-7)9(2,3)4/h7,10H,5-6H2,1-4H3. The van der Waals surface area contributed by atoms with Crippen LogP contribution in [0.4, 0.5) is 0 Å². The monoisotopic (exact) mass is 170 g/mol. The van der Waals surface area contributed by atoms with Crippen LogP contribution in [0.3, 0.4) is 0 Å². The number of nitrogens with zero attached hydrogens (tertiary/aromatic N) is 1. The van der Waals surface area contributed by atoms with Crippen molar-refractivity contribution < 1.29 is 4.79 Å². The maximum atomic E-state index is 11.6. The molecule has 3 heteroatoms. The van der Waals surface area contributed by atoms with E-state index in [4.69, 9.17) is 0 Å². The van der Waals surface area contributed by atoms with Gasteiger partial charge >= 0.3 is 0 Å². The topological polar surface area (TPSA) is 32.3 Å². The van der Waals surface area contributed by atoms with Crippen LogP contribution >= 0.6 is 0 Å². The van der Waals surface area contributed by atoms with Crippen LogP contribution in [0.15, 0.2) is 0 Å². The molecule has 1 saturated heterocycles. The van der Waals surface area contributed by atoms with Crippen LogP contribution in [-0.2, 0) is 4.79 Å². The lowest BCUT2D eigenvalue weighted by molar-refractivity contribution is -0.140. The Morgan fingerprint density at radius 3 is 2.50 bits per heavy atom. The van der Waals surface area contributed by atoms with Crippen LogP contribution in [0.1, 0.15) is 27.7 Å². The van der Waals surface area contributed by atoms with Crippen molar-refractivity contribution >= 4 is 5.91 Å². The lowest BCUT2D eigenvalue weighted by atomic mass is 10.0. The maximum Gasteiger partial charge on any atom is 0.239 e. The van der Waals surface area contributed by atoms with Crippen LogP contribution in [-0.4, -0.2) is 35.5 Å². The summed E-state index contributed by atoms with van der Waals surface area (Å²) in [6.45, 7) is 9.87. The molecular weight excluding hydrogens is 152 g/mol. The van der Waals surface area contributed by atoms with Gasteiger partial charge in [-0.25, -0.2) is 0 Å². The molecule has 0 aromatic carbocycles. The Bertz CT molecular complexity index is 183. The molecule has 1 amide bonds. The second-order valence-electron chi connectivity index (χ2n) is 4.34. The fraction of sp³-hybridized carbons (Fsp3) is 0.889. The summed E-state index contributed by atoms with van der Waals surface area (Å²) in [6.07, 6.45) is 0. The molecule has 1 atom stereocenters. The molecule has 0 aromatic heterocycles. The second kappa shape index (κ2) is 3.05. The van der Waals surface area contributed by atoms with E-state index in [0.717, 1.165) is 13.1 Å². The average molecular weight is 170 g/mol. The fourth-order valence-electron chi connectivity index (χ4n) is 1.49. The Morgan fingerprint density at radius 1 is 1.50 bits per heavy atom. The van der Waals surface area contributed by atoms with Gasteiger partial charge in [0.1, 0.15) is 0 Å². The van der Waals surface area contributed by atoms with E-state index in [1.54, 1.807) is 0 Å². The molecule has 0 aliphatic carbocycles. The molecule has 1 aliphatic rings. The predicted octanol–water partition coefficient (Wildman–Crippen LogP) is 0.605. The summed E-state index contributed by atoms with van der Waals surface area (Å²) in [5.41, 5.74) is -0.0343. The van der Waals surface area contributed by atoms with Gasteiger partial charge in [-0.3, -0.25) is 4.79 Å². The zero-order valence-corrected chi connectivity index (χ0v) is 8.35. The first-order valence-corrected chi connectivity index (χ1v) is 4.48. The quantitative estimate of drug-likeness (QED) is 0.577.